The van der Waals surface area contributed by atoms with Gasteiger partial charge in [-0.25, -0.2) is 0 Å². The van der Waals surface area contributed by atoms with Crippen molar-refractivity contribution >= 4 is 0 Å². The molecule has 1 saturated heterocycles. The molecule has 12 heavy (non-hydrogen) atoms. The molecule has 1 rings (SSSR count). The maximum absolute atomic E-state index is 3.30. The molecule has 2 nitrogen and oxygen atoms in total. The topological polar surface area (TPSA) is 15.3 Å². The van der Waals surface area contributed by atoms with E-state index in [4.69, 9.17) is 0 Å². The lowest BCUT2D eigenvalue weighted by Gasteiger charge is -2.31. The van der Waals surface area contributed by atoms with E-state index in [-0.39, 0.29) is 0 Å². The third-order valence-corrected chi connectivity index (χ3v) is 2.52. The first-order valence-electron chi connectivity index (χ1n) is 5.07. The van der Waals surface area contributed by atoms with Crippen molar-refractivity contribution in [3.63, 3.8) is 0 Å². The van der Waals surface area contributed by atoms with Gasteiger partial charge in [-0.2, -0.15) is 0 Å². The van der Waals surface area contributed by atoms with Crippen LogP contribution >= 0.6 is 0 Å². The first-order valence-corrected chi connectivity index (χ1v) is 5.07. The van der Waals surface area contributed by atoms with Gasteiger partial charge in [0.2, 0.25) is 0 Å². The van der Waals surface area contributed by atoms with Crippen LogP contribution in [0.5, 0.6) is 0 Å². The van der Waals surface area contributed by atoms with E-state index >= 15 is 0 Å². The Morgan fingerprint density at radius 3 is 2.50 bits per heavy atom. The highest BCUT2D eigenvalue weighted by Crippen LogP contribution is 2.06. The van der Waals surface area contributed by atoms with Crippen LogP contribution < -0.4 is 5.32 Å². The highest BCUT2D eigenvalue weighted by molar-refractivity contribution is 4.76. The second-order valence-corrected chi connectivity index (χ2v) is 4.47. The molecular formula is C10H22N2. The van der Waals surface area contributed by atoms with Gasteiger partial charge in [-0.3, -0.25) is 0 Å². The largest absolute Gasteiger partial charge is 0.316 e. The van der Waals surface area contributed by atoms with E-state index in [2.05, 4.69) is 31.1 Å². The fourth-order valence-electron chi connectivity index (χ4n) is 1.49. The molecule has 0 amide bonds. The van der Waals surface area contributed by atoms with Crippen molar-refractivity contribution in [3.8, 4) is 0 Å². The van der Waals surface area contributed by atoms with Crippen LogP contribution in [0.15, 0.2) is 0 Å². The van der Waals surface area contributed by atoms with Gasteiger partial charge in [0.25, 0.3) is 0 Å². The highest BCUT2D eigenvalue weighted by atomic mass is 15.1. The molecule has 1 fully saturated rings. The molecule has 0 radical (unpaired) electrons. The summed E-state index contributed by atoms with van der Waals surface area (Å²) in [4.78, 5) is 2.46. The zero-order chi connectivity index (χ0) is 8.97. The number of hydrogen-bond donors (Lipinski definition) is 1. The molecule has 0 aliphatic carbocycles. The number of rotatable bonds is 5. The maximum atomic E-state index is 3.30. The Hall–Kier alpha value is -0.0800. The van der Waals surface area contributed by atoms with Crippen LogP contribution in [-0.4, -0.2) is 38.1 Å². The molecule has 0 aromatic rings. The first-order chi connectivity index (χ1) is 5.68. The Labute approximate surface area is 76.3 Å². The molecule has 1 aliphatic rings. The molecule has 72 valence electrons. The summed E-state index contributed by atoms with van der Waals surface area (Å²) in [6.07, 6.45) is 1.33. The summed E-state index contributed by atoms with van der Waals surface area (Å²) in [5.41, 5.74) is 0. The second-order valence-electron chi connectivity index (χ2n) is 4.47. The zero-order valence-corrected chi connectivity index (χ0v) is 8.64. The molecule has 0 atom stereocenters. The van der Waals surface area contributed by atoms with E-state index in [0.717, 1.165) is 11.8 Å². The van der Waals surface area contributed by atoms with Gasteiger partial charge in [0.05, 0.1) is 0 Å². The molecule has 1 N–H and O–H groups in total. The highest BCUT2D eigenvalue weighted by Gasteiger charge is 2.17. The molecule has 2 heteroatoms. The predicted octanol–water partition coefficient (Wildman–Crippen LogP) is 1.18. The molecule has 0 aromatic heterocycles. The third kappa shape index (κ3) is 3.55. The van der Waals surface area contributed by atoms with Gasteiger partial charge in [0, 0.05) is 19.6 Å². The van der Waals surface area contributed by atoms with E-state index in [9.17, 15) is 0 Å². The Balaban J connectivity index is 1.98. The Morgan fingerprint density at radius 2 is 2.08 bits per heavy atom. The summed E-state index contributed by atoms with van der Waals surface area (Å²) >= 11 is 0. The molecule has 0 spiro atoms. The molecular weight excluding hydrogens is 148 g/mol. The summed E-state index contributed by atoms with van der Waals surface area (Å²) in [5, 5.41) is 3.30. The van der Waals surface area contributed by atoms with Crippen molar-refractivity contribution < 1.29 is 0 Å². The Kier molecular flexibility index (Phi) is 4.02. The fourth-order valence-corrected chi connectivity index (χ4v) is 1.49. The van der Waals surface area contributed by atoms with Crippen molar-refractivity contribution in [1.29, 1.82) is 0 Å². The number of nitrogens with zero attached hydrogens (tertiary/aromatic N) is 1. The van der Waals surface area contributed by atoms with E-state index in [1.54, 1.807) is 0 Å². The van der Waals surface area contributed by atoms with Gasteiger partial charge < -0.3 is 10.2 Å². The molecule has 1 heterocycles. The quantitative estimate of drug-likeness (QED) is 0.666. The fraction of sp³-hybridized carbons (Fsp3) is 1.00. The summed E-state index contributed by atoms with van der Waals surface area (Å²) in [6, 6.07) is 0. The van der Waals surface area contributed by atoms with E-state index < -0.39 is 0 Å². The molecule has 0 bridgehead atoms. The average Bonchev–Trinajstić information content (AvgIpc) is 1.93. The van der Waals surface area contributed by atoms with E-state index in [1.807, 2.05) is 0 Å². The summed E-state index contributed by atoms with van der Waals surface area (Å²) < 4.78 is 0. The minimum atomic E-state index is 0.840. The summed E-state index contributed by atoms with van der Waals surface area (Å²) in [6.45, 7) is 9.57. The average molecular weight is 170 g/mol. The van der Waals surface area contributed by atoms with Crippen molar-refractivity contribution in [2.75, 3.05) is 33.2 Å². The molecule has 0 unspecified atom stereocenters. The standard InChI is InChI=1S/C10H22N2/c1-9(2)4-5-12(3)8-10-6-11-7-10/h9-11H,4-8H2,1-3H3. The molecule has 0 saturated carbocycles. The van der Waals surface area contributed by atoms with Crippen LogP contribution in [-0.2, 0) is 0 Å². The Bertz CT molecular complexity index is 119. The minimum Gasteiger partial charge on any atom is -0.316 e. The van der Waals surface area contributed by atoms with Crippen molar-refractivity contribution in [2.24, 2.45) is 11.8 Å². The summed E-state index contributed by atoms with van der Waals surface area (Å²) in [5.74, 6) is 1.76. The van der Waals surface area contributed by atoms with Crippen molar-refractivity contribution in [3.05, 3.63) is 0 Å². The van der Waals surface area contributed by atoms with Gasteiger partial charge in [0.15, 0.2) is 0 Å². The SMILES string of the molecule is CC(C)CCN(C)CC1CNC1. The van der Waals surface area contributed by atoms with Crippen LogP contribution in [0.2, 0.25) is 0 Å². The van der Waals surface area contributed by atoms with Crippen LogP contribution in [0.1, 0.15) is 20.3 Å². The normalized spacial score (nSPS) is 18.8. The van der Waals surface area contributed by atoms with E-state index in [0.29, 0.717) is 0 Å². The lowest BCUT2D eigenvalue weighted by atomic mass is 10.0. The van der Waals surface area contributed by atoms with Gasteiger partial charge in [-0.05, 0) is 31.8 Å². The van der Waals surface area contributed by atoms with Crippen molar-refractivity contribution in [1.82, 2.24) is 10.2 Å². The number of nitrogens with one attached hydrogen (secondary N) is 1. The summed E-state index contributed by atoms with van der Waals surface area (Å²) in [7, 11) is 2.24. The lowest BCUT2D eigenvalue weighted by molar-refractivity contribution is 0.216. The molecule has 1 aliphatic heterocycles. The van der Waals surface area contributed by atoms with Crippen LogP contribution in [0.25, 0.3) is 0 Å². The Morgan fingerprint density at radius 1 is 1.42 bits per heavy atom. The lowest BCUT2D eigenvalue weighted by Crippen LogP contribution is -2.47. The van der Waals surface area contributed by atoms with Gasteiger partial charge in [-0.1, -0.05) is 13.8 Å². The van der Waals surface area contributed by atoms with E-state index in [1.165, 1.54) is 32.6 Å². The molecule has 0 aromatic carbocycles. The van der Waals surface area contributed by atoms with Crippen LogP contribution in [0.3, 0.4) is 0 Å². The van der Waals surface area contributed by atoms with Crippen LogP contribution in [0, 0.1) is 11.8 Å². The third-order valence-electron chi connectivity index (χ3n) is 2.52. The zero-order valence-electron chi connectivity index (χ0n) is 8.64. The predicted molar refractivity (Wildman–Crippen MR) is 53.3 cm³/mol. The van der Waals surface area contributed by atoms with Gasteiger partial charge in [0.1, 0.15) is 0 Å². The smallest absolute Gasteiger partial charge is 0.00309 e. The maximum Gasteiger partial charge on any atom is 0.00309 e. The second kappa shape index (κ2) is 4.83. The monoisotopic (exact) mass is 170 g/mol. The van der Waals surface area contributed by atoms with Crippen LogP contribution in [0.4, 0.5) is 0 Å². The van der Waals surface area contributed by atoms with Gasteiger partial charge >= 0.3 is 0 Å². The number of hydrogen-bond acceptors (Lipinski definition) is 2. The first kappa shape index (κ1) is 10.0. The van der Waals surface area contributed by atoms with Gasteiger partial charge in [-0.15, -0.1) is 0 Å². The minimum absolute atomic E-state index is 0.840. The van der Waals surface area contributed by atoms with Crippen molar-refractivity contribution in [2.45, 2.75) is 20.3 Å².